The zero-order chi connectivity index (χ0) is 12.9. The number of primary sulfonamides is 1. The summed E-state index contributed by atoms with van der Waals surface area (Å²) in [6.45, 7) is 1.84. The van der Waals surface area contributed by atoms with Crippen LogP contribution in [0.1, 0.15) is 25.3 Å². The number of aryl methyl sites for hydroxylation is 1. The molecule has 0 radical (unpaired) electrons. The van der Waals surface area contributed by atoms with Crippen LogP contribution in [0.25, 0.3) is 0 Å². The average Bonchev–Trinajstić information content (AvgIpc) is 2.29. The van der Waals surface area contributed by atoms with Gasteiger partial charge in [0.05, 0.1) is 12.4 Å². The van der Waals surface area contributed by atoms with Crippen molar-refractivity contribution in [2.75, 3.05) is 7.11 Å². The number of ether oxygens (including phenoxy) is 1. The van der Waals surface area contributed by atoms with Gasteiger partial charge < -0.3 is 4.74 Å². The first-order valence-corrected chi connectivity index (χ1v) is 7.23. The third kappa shape index (κ3) is 4.36. The smallest absolute Gasteiger partial charge is 0.211 e. The number of benzene rings is 1. The normalized spacial score (nSPS) is 13.4. The molecule has 0 saturated carbocycles. The standard InChI is InChI=1S/C12H19NO3S/c1-3-12(17(13,14)15)9-6-10-4-7-11(16-2)8-5-10/h4-5,7-8,12H,3,6,9H2,1-2H3,(H2,13,14,15). The molecule has 0 heterocycles. The highest BCUT2D eigenvalue weighted by atomic mass is 32.2. The van der Waals surface area contributed by atoms with Crippen LogP contribution < -0.4 is 9.88 Å². The highest BCUT2D eigenvalue weighted by molar-refractivity contribution is 7.89. The Morgan fingerprint density at radius 3 is 2.29 bits per heavy atom. The van der Waals surface area contributed by atoms with Gasteiger partial charge in [-0.15, -0.1) is 0 Å². The summed E-state index contributed by atoms with van der Waals surface area (Å²) < 4.78 is 27.5. The minimum absolute atomic E-state index is 0.454. The van der Waals surface area contributed by atoms with Gasteiger partial charge in [0, 0.05) is 0 Å². The van der Waals surface area contributed by atoms with E-state index in [0.717, 1.165) is 11.3 Å². The molecule has 0 aliphatic heterocycles. The molecule has 0 amide bonds. The molecule has 96 valence electrons. The maximum absolute atomic E-state index is 11.2. The summed E-state index contributed by atoms with van der Waals surface area (Å²) >= 11 is 0. The molecule has 1 aromatic carbocycles. The zero-order valence-electron chi connectivity index (χ0n) is 10.2. The largest absolute Gasteiger partial charge is 0.497 e. The minimum atomic E-state index is -3.42. The summed E-state index contributed by atoms with van der Waals surface area (Å²) in [5, 5.41) is 4.70. The fraction of sp³-hybridized carbons (Fsp3) is 0.500. The fourth-order valence-electron chi connectivity index (χ4n) is 1.72. The van der Waals surface area contributed by atoms with Gasteiger partial charge in [0.15, 0.2) is 0 Å². The van der Waals surface area contributed by atoms with E-state index in [-0.39, 0.29) is 0 Å². The Bertz CT molecular complexity index is 439. The van der Waals surface area contributed by atoms with Crippen LogP contribution in [0.2, 0.25) is 0 Å². The van der Waals surface area contributed by atoms with Gasteiger partial charge >= 0.3 is 0 Å². The van der Waals surface area contributed by atoms with E-state index in [1.807, 2.05) is 31.2 Å². The van der Waals surface area contributed by atoms with Gasteiger partial charge in [-0.25, -0.2) is 13.6 Å². The number of hydrogen-bond donors (Lipinski definition) is 1. The van der Waals surface area contributed by atoms with Crippen molar-refractivity contribution in [2.24, 2.45) is 5.14 Å². The first-order chi connectivity index (χ1) is 7.97. The van der Waals surface area contributed by atoms with Gasteiger partial charge in [-0.2, -0.15) is 0 Å². The van der Waals surface area contributed by atoms with Crippen LogP contribution in [-0.4, -0.2) is 20.8 Å². The number of rotatable bonds is 6. The second-order valence-corrected chi connectivity index (χ2v) is 5.85. The number of nitrogens with two attached hydrogens (primary N) is 1. The van der Waals surface area contributed by atoms with E-state index < -0.39 is 15.3 Å². The van der Waals surface area contributed by atoms with Crippen LogP contribution in [0.5, 0.6) is 5.75 Å². The lowest BCUT2D eigenvalue weighted by Gasteiger charge is -2.12. The summed E-state index contributed by atoms with van der Waals surface area (Å²) in [5.74, 6) is 0.798. The predicted molar refractivity (Wildman–Crippen MR) is 68.5 cm³/mol. The molecule has 0 aliphatic carbocycles. The maximum atomic E-state index is 11.2. The van der Waals surface area contributed by atoms with Crippen molar-refractivity contribution in [3.05, 3.63) is 29.8 Å². The first kappa shape index (κ1) is 14.0. The van der Waals surface area contributed by atoms with Crippen molar-refractivity contribution in [1.82, 2.24) is 0 Å². The Kier molecular flexibility index (Phi) is 4.96. The average molecular weight is 257 g/mol. The van der Waals surface area contributed by atoms with E-state index in [9.17, 15) is 8.42 Å². The molecule has 0 spiro atoms. The van der Waals surface area contributed by atoms with Crippen molar-refractivity contribution >= 4 is 10.0 Å². The molecule has 1 rings (SSSR count). The van der Waals surface area contributed by atoms with Gasteiger partial charge in [0.1, 0.15) is 5.75 Å². The van der Waals surface area contributed by atoms with Gasteiger partial charge in [-0.05, 0) is 37.0 Å². The molecule has 17 heavy (non-hydrogen) atoms. The lowest BCUT2D eigenvalue weighted by Crippen LogP contribution is -2.28. The van der Waals surface area contributed by atoms with Crippen molar-refractivity contribution < 1.29 is 13.2 Å². The number of hydrogen-bond acceptors (Lipinski definition) is 3. The number of methoxy groups -OCH3 is 1. The van der Waals surface area contributed by atoms with Crippen molar-refractivity contribution in [3.8, 4) is 5.75 Å². The Hall–Kier alpha value is -1.07. The molecule has 5 heteroatoms. The van der Waals surface area contributed by atoms with Gasteiger partial charge in [-0.1, -0.05) is 19.1 Å². The van der Waals surface area contributed by atoms with Crippen LogP contribution in [0.3, 0.4) is 0 Å². The fourth-order valence-corrected chi connectivity index (χ4v) is 2.63. The van der Waals surface area contributed by atoms with Crippen molar-refractivity contribution in [1.29, 1.82) is 0 Å². The molecule has 1 aromatic rings. The highest BCUT2D eigenvalue weighted by Gasteiger charge is 2.18. The zero-order valence-corrected chi connectivity index (χ0v) is 11.0. The number of sulfonamides is 1. The Morgan fingerprint density at radius 2 is 1.88 bits per heavy atom. The van der Waals surface area contributed by atoms with Crippen LogP contribution in [0, 0.1) is 0 Å². The SMILES string of the molecule is CCC(CCc1ccc(OC)cc1)S(N)(=O)=O. The van der Waals surface area contributed by atoms with Crippen molar-refractivity contribution in [3.63, 3.8) is 0 Å². The summed E-state index contributed by atoms with van der Waals surface area (Å²) in [6.07, 6.45) is 1.82. The third-order valence-corrected chi connectivity index (χ3v) is 4.33. The summed E-state index contributed by atoms with van der Waals surface area (Å²) in [6, 6.07) is 7.61. The summed E-state index contributed by atoms with van der Waals surface area (Å²) in [7, 11) is -1.81. The Labute approximate surface area is 103 Å². The molecule has 0 fully saturated rings. The monoisotopic (exact) mass is 257 g/mol. The van der Waals surface area contributed by atoms with Crippen LogP contribution in [0.15, 0.2) is 24.3 Å². The third-order valence-electron chi connectivity index (χ3n) is 2.83. The summed E-state index contributed by atoms with van der Waals surface area (Å²) in [5.41, 5.74) is 1.09. The molecule has 0 aromatic heterocycles. The first-order valence-electron chi connectivity index (χ1n) is 5.62. The second-order valence-electron chi connectivity index (χ2n) is 4.01. The lowest BCUT2D eigenvalue weighted by molar-refractivity contribution is 0.414. The van der Waals surface area contributed by atoms with E-state index >= 15 is 0 Å². The van der Waals surface area contributed by atoms with E-state index in [2.05, 4.69) is 0 Å². The molecule has 2 N–H and O–H groups in total. The maximum Gasteiger partial charge on any atom is 0.211 e. The molecular formula is C12H19NO3S. The van der Waals surface area contributed by atoms with E-state index in [1.165, 1.54) is 0 Å². The quantitative estimate of drug-likeness (QED) is 0.843. The Morgan fingerprint density at radius 1 is 1.29 bits per heavy atom. The molecule has 0 aliphatic rings. The van der Waals surface area contributed by atoms with E-state index in [0.29, 0.717) is 19.3 Å². The second kappa shape index (κ2) is 6.02. The van der Waals surface area contributed by atoms with E-state index in [1.54, 1.807) is 7.11 Å². The topological polar surface area (TPSA) is 69.4 Å². The van der Waals surface area contributed by atoms with Crippen molar-refractivity contribution in [2.45, 2.75) is 31.4 Å². The van der Waals surface area contributed by atoms with Gasteiger partial charge in [-0.3, -0.25) is 0 Å². The molecule has 4 nitrogen and oxygen atoms in total. The molecule has 1 atom stereocenters. The molecular weight excluding hydrogens is 238 g/mol. The molecule has 0 bridgehead atoms. The van der Waals surface area contributed by atoms with Crippen LogP contribution >= 0.6 is 0 Å². The molecule has 0 saturated heterocycles. The molecule has 1 unspecified atom stereocenters. The van der Waals surface area contributed by atoms with Crippen LogP contribution in [0.4, 0.5) is 0 Å². The minimum Gasteiger partial charge on any atom is -0.497 e. The van der Waals surface area contributed by atoms with E-state index in [4.69, 9.17) is 9.88 Å². The van der Waals surface area contributed by atoms with Gasteiger partial charge in [0.2, 0.25) is 10.0 Å². The highest BCUT2D eigenvalue weighted by Crippen LogP contribution is 2.15. The lowest BCUT2D eigenvalue weighted by atomic mass is 10.1. The summed E-state index contributed by atoms with van der Waals surface area (Å²) in [4.78, 5) is 0. The Balaban J connectivity index is 2.60. The van der Waals surface area contributed by atoms with Gasteiger partial charge in [0.25, 0.3) is 0 Å². The predicted octanol–water partition coefficient (Wildman–Crippen LogP) is 1.69. The van der Waals surface area contributed by atoms with Crippen LogP contribution in [-0.2, 0) is 16.4 Å².